The van der Waals surface area contributed by atoms with Crippen LogP contribution in [0.15, 0.2) is 78.0 Å². The molecule has 0 bridgehead atoms. The molecule has 3 aromatic rings. The topological polar surface area (TPSA) is 89.0 Å². The van der Waals surface area contributed by atoms with Gasteiger partial charge in [0.1, 0.15) is 18.2 Å². The van der Waals surface area contributed by atoms with Crippen molar-refractivity contribution in [3.8, 4) is 5.75 Å². The average molecular weight is 476 g/mol. The van der Waals surface area contributed by atoms with Gasteiger partial charge in [0.2, 0.25) is 0 Å². The van der Waals surface area contributed by atoms with E-state index in [1.165, 1.54) is 12.1 Å². The highest BCUT2D eigenvalue weighted by atomic mass is 19.1. The van der Waals surface area contributed by atoms with Crippen LogP contribution in [-0.2, 0) is 16.2 Å². The number of rotatable bonds is 10. The maximum atomic E-state index is 13.0. The number of hydrogen-bond donors (Lipinski definition) is 2. The van der Waals surface area contributed by atoms with E-state index in [2.05, 4.69) is 15.8 Å². The highest BCUT2D eigenvalue weighted by molar-refractivity contribution is 5.99. The first-order valence-electron chi connectivity index (χ1n) is 11.3. The summed E-state index contributed by atoms with van der Waals surface area (Å²) in [6.07, 6.45) is 2.02. The summed E-state index contributed by atoms with van der Waals surface area (Å²) >= 11 is 0. The van der Waals surface area contributed by atoms with Crippen LogP contribution in [0.3, 0.4) is 0 Å². The fourth-order valence-electron chi connectivity index (χ4n) is 3.21. The number of carbonyl (C=O) groups excluding carboxylic acids is 2. The van der Waals surface area contributed by atoms with Crippen molar-refractivity contribution in [1.82, 2.24) is 5.32 Å². The van der Waals surface area contributed by atoms with Gasteiger partial charge in [0.05, 0.1) is 5.71 Å². The van der Waals surface area contributed by atoms with Gasteiger partial charge in [-0.05, 0) is 85.5 Å². The highest BCUT2D eigenvalue weighted by Crippen LogP contribution is 2.20. The molecule has 0 spiro atoms. The number of anilines is 1. The van der Waals surface area contributed by atoms with E-state index in [4.69, 9.17) is 9.57 Å². The molecule has 0 unspecified atom stereocenters. The van der Waals surface area contributed by atoms with Crippen molar-refractivity contribution < 1.29 is 23.6 Å². The lowest BCUT2D eigenvalue weighted by molar-refractivity contribution is -0.120. The number of ether oxygens (including phenoxy) is 1. The maximum Gasteiger partial charge on any atom is 0.265 e. The van der Waals surface area contributed by atoms with Crippen LogP contribution in [-0.4, -0.2) is 30.2 Å². The van der Waals surface area contributed by atoms with E-state index in [0.717, 1.165) is 24.0 Å². The maximum absolute atomic E-state index is 13.0. The molecule has 35 heavy (non-hydrogen) atoms. The van der Waals surface area contributed by atoms with Crippen LogP contribution in [0.5, 0.6) is 5.75 Å². The zero-order valence-corrected chi connectivity index (χ0v) is 19.3. The number of hydrogen-bond acceptors (Lipinski definition) is 5. The second-order valence-electron chi connectivity index (χ2n) is 8.27. The number of oxime groups is 1. The van der Waals surface area contributed by atoms with Crippen LogP contribution in [0.25, 0.3) is 0 Å². The summed E-state index contributed by atoms with van der Waals surface area (Å²) in [7, 11) is 0. The predicted octanol–water partition coefficient (Wildman–Crippen LogP) is 4.68. The number of nitrogens with zero attached hydrogens (tertiary/aromatic N) is 1. The van der Waals surface area contributed by atoms with Gasteiger partial charge in [0, 0.05) is 17.3 Å². The van der Waals surface area contributed by atoms with E-state index in [0.29, 0.717) is 29.3 Å². The lowest BCUT2D eigenvalue weighted by atomic mass is 10.1. The number of amides is 2. The second-order valence-corrected chi connectivity index (χ2v) is 8.27. The van der Waals surface area contributed by atoms with Gasteiger partial charge < -0.3 is 20.2 Å². The molecule has 0 aromatic heterocycles. The molecule has 3 aromatic carbocycles. The first kappa shape index (κ1) is 23.9. The molecule has 1 aliphatic carbocycles. The minimum Gasteiger partial charge on any atom is -0.489 e. The van der Waals surface area contributed by atoms with E-state index in [-0.39, 0.29) is 30.3 Å². The molecular formula is C27H26FN3O4. The number of nitrogens with one attached hydrogen (secondary N) is 2. The van der Waals surface area contributed by atoms with Gasteiger partial charge in [0.15, 0.2) is 6.61 Å². The van der Waals surface area contributed by atoms with Crippen LogP contribution in [0, 0.1) is 5.82 Å². The van der Waals surface area contributed by atoms with E-state index in [1.54, 1.807) is 55.5 Å². The third-order valence-corrected chi connectivity index (χ3v) is 5.31. The third kappa shape index (κ3) is 7.40. The standard InChI is InChI=1S/C27H26FN3O4/c1-18(20-7-13-25(14-8-20)34-16-19-5-9-22(28)10-6-19)31-35-17-26(32)29-24-4-2-3-21(15-24)27(33)30-23-11-12-23/h2-10,13-15,23H,11-12,16-17H2,1H3,(H,29,32)(H,30,33)/b31-18+. The van der Waals surface area contributed by atoms with E-state index in [9.17, 15) is 14.0 Å². The van der Waals surface area contributed by atoms with Gasteiger partial charge in [-0.15, -0.1) is 0 Å². The Labute approximate surface area is 202 Å². The van der Waals surface area contributed by atoms with Crippen molar-refractivity contribution >= 4 is 23.2 Å². The van der Waals surface area contributed by atoms with Crippen LogP contribution >= 0.6 is 0 Å². The summed E-state index contributed by atoms with van der Waals surface area (Å²) in [6, 6.07) is 20.4. The Morgan fingerprint density at radius 1 is 1.00 bits per heavy atom. The Morgan fingerprint density at radius 2 is 1.74 bits per heavy atom. The van der Waals surface area contributed by atoms with Crippen molar-refractivity contribution in [2.45, 2.75) is 32.4 Å². The fraction of sp³-hybridized carbons (Fsp3) is 0.222. The Balaban J connectivity index is 1.23. The fourth-order valence-corrected chi connectivity index (χ4v) is 3.21. The molecule has 0 saturated heterocycles. The summed E-state index contributed by atoms with van der Waals surface area (Å²) in [4.78, 5) is 29.6. The molecule has 8 heteroatoms. The molecule has 2 N–H and O–H groups in total. The second kappa shape index (κ2) is 11.3. The van der Waals surface area contributed by atoms with E-state index in [1.807, 2.05) is 12.1 Å². The molecule has 180 valence electrons. The molecule has 4 rings (SSSR count). The van der Waals surface area contributed by atoms with Crippen molar-refractivity contribution in [3.63, 3.8) is 0 Å². The van der Waals surface area contributed by atoms with Crippen LogP contribution in [0.4, 0.5) is 10.1 Å². The molecule has 1 saturated carbocycles. The van der Waals surface area contributed by atoms with Gasteiger partial charge in [-0.3, -0.25) is 9.59 Å². The Bertz CT molecular complexity index is 1210. The molecule has 0 aliphatic heterocycles. The summed E-state index contributed by atoms with van der Waals surface area (Å²) < 4.78 is 18.7. The van der Waals surface area contributed by atoms with Gasteiger partial charge in [0.25, 0.3) is 11.8 Å². The Kier molecular flexibility index (Phi) is 7.72. The Morgan fingerprint density at radius 3 is 2.46 bits per heavy atom. The smallest absolute Gasteiger partial charge is 0.265 e. The molecule has 0 radical (unpaired) electrons. The van der Waals surface area contributed by atoms with Crippen molar-refractivity contribution in [2.24, 2.45) is 5.16 Å². The van der Waals surface area contributed by atoms with Gasteiger partial charge in [-0.1, -0.05) is 23.4 Å². The van der Waals surface area contributed by atoms with E-state index >= 15 is 0 Å². The first-order valence-corrected chi connectivity index (χ1v) is 11.3. The lowest BCUT2D eigenvalue weighted by Gasteiger charge is -2.08. The van der Waals surface area contributed by atoms with E-state index < -0.39 is 0 Å². The molecule has 7 nitrogen and oxygen atoms in total. The van der Waals surface area contributed by atoms with Gasteiger partial charge in [-0.25, -0.2) is 4.39 Å². The minimum absolute atomic E-state index is 0.146. The average Bonchev–Trinajstić information content (AvgIpc) is 3.68. The lowest BCUT2D eigenvalue weighted by Crippen LogP contribution is -2.25. The van der Waals surface area contributed by atoms with Crippen LogP contribution < -0.4 is 15.4 Å². The minimum atomic E-state index is -0.383. The first-order chi connectivity index (χ1) is 17.0. The summed E-state index contributed by atoms with van der Waals surface area (Å²) in [5, 5.41) is 9.63. The predicted molar refractivity (Wildman–Crippen MR) is 131 cm³/mol. The van der Waals surface area contributed by atoms with Crippen molar-refractivity contribution in [3.05, 3.63) is 95.3 Å². The highest BCUT2D eigenvalue weighted by Gasteiger charge is 2.23. The Hall–Kier alpha value is -4.20. The molecule has 1 aliphatic rings. The van der Waals surface area contributed by atoms with Crippen molar-refractivity contribution in [1.29, 1.82) is 0 Å². The largest absolute Gasteiger partial charge is 0.489 e. The quantitative estimate of drug-likeness (QED) is 0.329. The monoisotopic (exact) mass is 475 g/mol. The van der Waals surface area contributed by atoms with Crippen LogP contribution in [0.1, 0.15) is 41.3 Å². The molecule has 2 amide bonds. The third-order valence-electron chi connectivity index (χ3n) is 5.31. The normalized spacial score (nSPS) is 13.1. The van der Waals surface area contributed by atoms with Crippen LogP contribution in [0.2, 0.25) is 0 Å². The molecule has 0 heterocycles. The molecule has 1 fully saturated rings. The van der Waals surface area contributed by atoms with Gasteiger partial charge in [-0.2, -0.15) is 0 Å². The number of halogens is 1. The zero-order chi connectivity index (χ0) is 24.6. The number of carbonyl (C=O) groups is 2. The molecule has 0 atom stereocenters. The SMILES string of the molecule is C/C(=N\OCC(=O)Nc1cccc(C(=O)NC2CC2)c1)c1ccc(OCc2ccc(F)cc2)cc1. The summed E-state index contributed by atoms with van der Waals surface area (Å²) in [5.74, 6) is -0.146. The molecular weight excluding hydrogens is 449 g/mol. The summed E-state index contributed by atoms with van der Waals surface area (Å²) in [5.41, 5.74) is 3.29. The van der Waals surface area contributed by atoms with Crippen molar-refractivity contribution in [2.75, 3.05) is 11.9 Å². The summed E-state index contributed by atoms with van der Waals surface area (Å²) in [6.45, 7) is 1.84. The zero-order valence-electron chi connectivity index (χ0n) is 19.3. The number of benzene rings is 3. The van der Waals surface area contributed by atoms with Gasteiger partial charge >= 0.3 is 0 Å².